The van der Waals surface area contributed by atoms with Crippen LogP contribution in [0.1, 0.15) is 11.5 Å². The minimum absolute atomic E-state index is 0.173. The summed E-state index contributed by atoms with van der Waals surface area (Å²) in [5.41, 5.74) is 11.8. The van der Waals surface area contributed by atoms with Gasteiger partial charge < -0.3 is 11.5 Å². The van der Waals surface area contributed by atoms with Gasteiger partial charge in [0.05, 0.1) is 10.8 Å². The van der Waals surface area contributed by atoms with Gasteiger partial charge in [0.1, 0.15) is 0 Å². The van der Waals surface area contributed by atoms with Crippen molar-refractivity contribution in [2.75, 3.05) is 12.8 Å². The molecule has 1 fully saturated rings. The highest BCUT2D eigenvalue weighted by molar-refractivity contribution is 7.91. The van der Waals surface area contributed by atoms with Gasteiger partial charge in [-0.15, -0.1) is 0 Å². The van der Waals surface area contributed by atoms with Crippen LogP contribution in [0.15, 0.2) is 30.3 Å². The summed E-state index contributed by atoms with van der Waals surface area (Å²) in [5, 5.41) is -0.549. The van der Waals surface area contributed by atoms with Gasteiger partial charge in [-0.3, -0.25) is 0 Å². The topological polar surface area (TPSA) is 86.2 Å². The second-order valence-electron chi connectivity index (χ2n) is 4.45. The summed E-state index contributed by atoms with van der Waals surface area (Å²) in [4.78, 5) is 0. The predicted octanol–water partition coefficient (Wildman–Crippen LogP) is -0.147. The first kappa shape index (κ1) is 11.6. The molecule has 16 heavy (non-hydrogen) atoms. The molecule has 0 amide bonds. The first-order chi connectivity index (χ1) is 7.41. The molecule has 3 unspecified atom stereocenters. The van der Waals surface area contributed by atoms with Crippen LogP contribution in [-0.2, 0) is 9.84 Å². The molecular weight excluding hydrogens is 224 g/mol. The smallest absolute Gasteiger partial charge is 0.152 e. The fraction of sp³-hybridized carbons (Fsp3) is 0.455. The fourth-order valence-corrected chi connectivity index (χ4v) is 4.32. The number of sulfone groups is 1. The maximum absolute atomic E-state index is 11.6. The van der Waals surface area contributed by atoms with E-state index in [1.165, 1.54) is 6.26 Å². The lowest BCUT2D eigenvalue weighted by atomic mass is 10.1. The van der Waals surface area contributed by atoms with Crippen molar-refractivity contribution in [2.24, 2.45) is 11.5 Å². The third-order valence-corrected chi connectivity index (χ3v) is 4.91. The largest absolute Gasteiger partial charge is 0.329 e. The fourth-order valence-electron chi connectivity index (χ4n) is 2.46. The average Bonchev–Trinajstić information content (AvgIpc) is 2.87. The quantitative estimate of drug-likeness (QED) is 0.769. The number of nitrogens with two attached hydrogens (primary N) is 2. The molecule has 0 radical (unpaired) electrons. The number of hydrogen-bond donors (Lipinski definition) is 2. The summed E-state index contributed by atoms with van der Waals surface area (Å²) in [6.07, 6.45) is 1.22. The molecule has 1 saturated carbocycles. The van der Waals surface area contributed by atoms with E-state index in [1.54, 1.807) is 0 Å². The lowest BCUT2D eigenvalue weighted by Gasteiger charge is -2.07. The van der Waals surface area contributed by atoms with Crippen LogP contribution in [0.2, 0.25) is 0 Å². The van der Waals surface area contributed by atoms with Gasteiger partial charge in [-0.05, 0) is 5.56 Å². The Bertz CT molecular complexity index is 486. The first-order valence-corrected chi connectivity index (χ1v) is 7.09. The van der Waals surface area contributed by atoms with Gasteiger partial charge in [0.15, 0.2) is 9.84 Å². The van der Waals surface area contributed by atoms with Gasteiger partial charge in [0.2, 0.25) is 0 Å². The van der Waals surface area contributed by atoms with Gasteiger partial charge in [0.25, 0.3) is 0 Å². The van der Waals surface area contributed by atoms with E-state index >= 15 is 0 Å². The molecule has 1 aromatic carbocycles. The van der Waals surface area contributed by atoms with E-state index in [4.69, 9.17) is 11.5 Å². The molecule has 88 valence electrons. The van der Waals surface area contributed by atoms with Crippen LogP contribution in [0.25, 0.3) is 0 Å². The van der Waals surface area contributed by atoms with E-state index in [9.17, 15) is 8.42 Å². The van der Waals surface area contributed by atoms with Crippen molar-refractivity contribution < 1.29 is 8.42 Å². The van der Waals surface area contributed by atoms with Crippen LogP contribution in [0.5, 0.6) is 0 Å². The molecule has 0 spiro atoms. The molecule has 0 aromatic heterocycles. The lowest BCUT2D eigenvalue weighted by molar-refractivity contribution is 0.591. The van der Waals surface area contributed by atoms with Crippen LogP contribution in [0.4, 0.5) is 0 Å². The van der Waals surface area contributed by atoms with Gasteiger partial charge in [-0.2, -0.15) is 0 Å². The molecule has 2 rings (SSSR count). The zero-order valence-electron chi connectivity index (χ0n) is 9.13. The molecule has 5 heteroatoms. The Hall–Kier alpha value is -0.910. The van der Waals surface area contributed by atoms with Crippen molar-refractivity contribution in [1.82, 2.24) is 0 Å². The van der Waals surface area contributed by atoms with E-state index in [2.05, 4.69) is 0 Å². The lowest BCUT2D eigenvalue weighted by Crippen LogP contribution is -2.38. The summed E-state index contributed by atoms with van der Waals surface area (Å²) in [7, 11) is -3.15. The monoisotopic (exact) mass is 240 g/mol. The second kappa shape index (κ2) is 3.55. The summed E-state index contributed by atoms with van der Waals surface area (Å²) in [6.45, 7) is 0.185. The van der Waals surface area contributed by atoms with Crippen LogP contribution < -0.4 is 11.5 Å². The summed E-state index contributed by atoms with van der Waals surface area (Å²) >= 11 is 0. The molecule has 0 aliphatic heterocycles. The Morgan fingerprint density at radius 1 is 1.31 bits per heavy atom. The molecule has 1 aromatic rings. The van der Waals surface area contributed by atoms with Crippen molar-refractivity contribution in [2.45, 2.75) is 16.7 Å². The molecule has 3 atom stereocenters. The second-order valence-corrected chi connectivity index (χ2v) is 6.62. The van der Waals surface area contributed by atoms with Crippen molar-refractivity contribution in [3.05, 3.63) is 35.9 Å². The third kappa shape index (κ3) is 1.65. The van der Waals surface area contributed by atoms with Gasteiger partial charge in [-0.1, -0.05) is 30.3 Å². The highest BCUT2D eigenvalue weighted by Crippen LogP contribution is 2.53. The van der Waals surface area contributed by atoms with E-state index in [1.807, 2.05) is 30.3 Å². The van der Waals surface area contributed by atoms with Gasteiger partial charge in [-0.25, -0.2) is 8.42 Å². The average molecular weight is 240 g/mol. The van der Waals surface area contributed by atoms with Gasteiger partial charge in [0, 0.05) is 18.7 Å². The normalized spacial score (nSPS) is 33.7. The molecule has 1 aliphatic rings. The Balaban J connectivity index is 2.38. The summed E-state index contributed by atoms with van der Waals surface area (Å²) in [5.74, 6) is -0.173. The molecular formula is C11H16N2O2S. The number of hydrogen-bond acceptors (Lipinski definition) is 4. The maximum Gasteiger partial charge on any atom is 0.152 e. The highest BCUT2D eigenvalue weighted by Gasteiger charge is 2.66. The zero-order chi connectivity index (χ0) is 12.0. The molecule has 0 bridgehead atoms. The molecule has 0 heterocycles. The van der Waals surface area contributed by atoms with Gasteiger partial charge >= 0.3 is 0 Å². The molecule has 0 saturated heterocycles. The standard InChI is InChI=1S/C11H16N2O2S/c1-16(14,15)10-9(11(10,13)7-12)8-5-3-2-4-6-8/h2-6,9-10H,7,12-13H2,1H3. The first-order valence-electron chi connectivity index (χ1n) is 5.14. The maximum atomic E-state index is 11.6. The minimum atomic E-state index is -3.15. The zero-order valence-corrected chi connectivity index (χ0v) is 9.94. The Kier molecular flexibility index (Phi) is 2.57. The van der Waals surface area contributed by atoms with Crippen LogP contribution >= 0.6 is 0 Å². The van der Waals surface area contributed by atoms with E-state index in [0.29, 0.717) is 0 Å². The third-order valence-electron chi connectivity index (χ3n) is 3.28. The van der Waals surface area contributed by atoms with Crippen molar-refractivity contribution in [3.8, 4) is 0 Å². The Labute approximate surface area is 95.6 Å². The van der Waals surface area contributed by atoms with Crippen molar-refractivity contribution in [3.63, 3.8) is 0 Å². The Morgan fingerprint density at radius 2 is 1.88 bits per heavy atom. The minimum Gasteiger partial charge on any atom is -0.329 e. The van der Waals surface area contributed by atoms with Crippen LogP contribution in [0.3, 0.4) is 0 Å². The predicted molar refractivity (Wildman–Crippen MR) is 63.8 cm³/mol. The SMILES string of the molecule is CS(=O)(=O)C1C(c2ccccc2)C1(N)CN. The Morgan fingerprint density at radius 3 is 2.25 bits per heavy atom. The van der Waals surface area contributed by atoms with E-state index < -0.39 is 20.6 Å². The number of rotatable bonds is 3. The molecule has 4 nitrogen and oxygen atoms in total. The molecule has 4 N–H and O–H groups in total. The highest BCUT2D eigenvalue weighted by atomic mass is 32.2. The van der Waals surface area contributed by atoms with Crippen LogP contribution in [0, 0.1) is 0 Å². The van der Waals surface area contributed by atoms with Crippen molar-refractivity contribution in [1.29, 1.82) is 0 Å². The van der Waals surface area contributed by atoms with Crippen LogP contribution in [-0.4, -0.2) is 32.0 Å². The van der Waals surface area contributed by atoms with E-state index in [0.717, 1.165) is 5.56 Å². The number of benzene rings is 1. The van der Waals surface area contributed by atoms with E-state index in [-0.39, 0.29) is 12.5 Å². The summed E-state index contributed by atoms with van der Waals surface area (Å²) in [6, 6.07) is 9.44. The van der Waals surface area contributed by atoms with Crippen molar-refractivity contribution >= 4 is 9.84 Å². The summed E-state index contributed by atoms with van der Waals surface area (Å²) < 4.78 is 23.2. The molecule has 1 aliphatic carbocycles.